The number of phenolic OH excluding ortho intramolecular Hbond substituents is 1. The number of fused-ring (bicyclic) bond motifs is 1. The van der Waals surface area contributed by atoms with Gasteiger partial charge in [0.15, 0.2) is 6.04 Å². The van der Waals surface area contributed by atoms with Gasteiger partial charge in [0.1, 0.15) is 11.3 Å². The van der Waals surface area contributed by atoms with E-state index in [1.807, 2.05) is 0 Å². The van der Waals surface area contributed by atoms with Crippen LogP contribution < -0.4 is 10.9 Å². The number of rotatable bonds is 5. The van der Waals surface area contributed by atoms with E-state index in [0.717, 1.165) is 0 Å². The molecule has 3 aromatic rings. The van der Waals surface area contributed by atoms with Gasteiger partial charge in [-0.3, -0.25) is 4.79 Å². The van der Waals surface area contributed by atoms with Crippen molar-refractivity contribution < 1.29 is 24.2 Å². The minimum Gasteiger partial charge on any atom is -0.508 e. The van der Waals surface area contributed by atoms with Crippen molar-refractivity contribution in [2.75, 3.05) is 0 Å². The Morgan fingerprint density at radius 1 is 1.15 bits per heavy atom. The highest BCUT2D eigenvalue weighted by Crippen LogP contribution is 2.27. The summed E-state index contributed by atoms with van der Waals surface area (Å²) >= 11 is 0. The molecule has 0 aliphatic heterocycles. The molecule has 3 N–H and O–H groups in total. The fourth-order valence-electron chi connectivity index (χ4n) is 2.88. The average Bonchev–Trinajstić information content (AvgIpc) is 2.63. The molecule has 0 aliphatic carbocycles. The Morgan fingerprint density at radius 2 is 1.85 bits per heavy atom. The van der Waals surface area contributed by atoms with Crippen LogP contribution in [0.2, 0.25) is 0 Å². The van der Waals surface area contributed by atoms with Gasteiger partial charge in [-0.15, -0.1) is 0 Å². The molecule has 1 aromatic heterocycles. The van der Waals surface area contributed by atoms with Gasteiger partial charge in [0.2, 0.25) is 5.91 Å². The molecule has 27 heavy (non-hydrogen) atoms. The van der Waals surface area contributed by atoms with E-state index in [-0.39, 0.29) is 17.8 Å². The third-order valence-corrected chi connectivity index (χ3v) is 4.25. The Labute approximate surface area is 153 Å². The summed E-state index contributed by atoms with van der Waals surface area (Å²) in [4.78, 5) is 35.8. The van der Waals surface area contributed by atoms with Crippen LogP contribution in [0.3, 0.4) is 0 Å². The highest BCUT2D eigenvalue weighted by atomic mass is 16.4. The van der Waals surface area contributed by atoms with Crippen LogP contribution >= 0.6 is 0 Å². The Kier molecular flexibility index (Phi) is 4.94. The third-order valence-electron chi connectivity index (χ3n) is 4.25. The maximum atomic E-state index is 12.5. The number of nitrogens with one attached hydrogen (secondary N) is 1. The number of benzene rings is 2. The number of carbonyl (C=O) groups excluding carboxylic acids is 1. The topological polar surface area (TPSA) is 117 Å². The number of amides is 1. The molecule has 0 bridgehead atoms. The molecule has 0 saturated carbocycles. The van der Waals surface area contributed by atoms with Crippen molar-refractivity contribution in [3.05, 3.63) is 75.6 Å². The monoisotopic (exact) mass is 367 g/mol. The van der Waals surface area contributed by atoms with Gasteiger partial charge in [0.25, 0.3) is 0 Å². The van der Waals surface area contributed by atoms with E-state index in [2.05, 4.69) is 5.32 Å². The van der Waals surface area contributed by atoms with Gasteiger partial charge in [-0.05, 0) is 30.2 Å². The van der Waals surface area contributed by atoms with Crippen LogP contribution in [-0.4, -0.2) is 22.1 Å². The molecule has 0 spiro atoms. The van der Waals surface area contributed by atoms with E-state index in [0.29, 0.717) is 22.1 Å². The van der Waals surface area contributed by atoms with Crippen molar-refractivity contribution in [2.45, 2.75) is 19.4 Å². The number of carboxylic acid groups (broad SMARTS) is 1. The summed E-state index contributed by atoms with van der Waals surface area (Å²) in [7, 11) is 0. The molecule has 0 fully saturated rings. The first-order valence-corrected chi connectivity index (χ1v) is 8.19. The molecule has 3 rings (SSSR count). The van der Waals surface area contributed by atoms with Gasteiger partial charge in [-0.25, -0.2) is 9.59 Å². The van der Waals surface area contributed by atoms with E-state index in [9.17, 15) is 24.6 Å². The van der Waals surface area contributed by atoms with Crippen molar-refractivity contribution >= 4 is 22.8 Å². The molecule has 1 unspecified atom stereocenters. The van der Waals surface area contributed by atoms with E-state index < -0.39 is 23.5 Å². The number of carboxylic acids is 1. The zero-order chi connectivity index (χ0) is 19.6. The highest BCUT2D eigenvalue weighted by Gasteiger charge is 2.22. The van der Waals surface area contributed by atoms with Crippen molar-refractivity contribution in [1.29, 1.82) is 0 Å². The molecular formula is C20H17NO6. The lowest BCUT2D eigenvalue weighted by molar-refractivity contribution is -0.141. The molecule has 7 nitrogen and oxygen atoms in total. The number of aliphatic carboxylic acids is 1. The number of hydrogen-bond acceptors (Lipinski definition) is 5. The molecule has 1 heterocycles. The highest BCUT2D eigenvalue weighted by molar-refractivity contribution is 5.91. The lowest BCUT2D eigenvalue weighted by atomic mass is 10.0. The van der Waals surface area contributed by atoms with E-state index in [1.54, 1.807) is 43.3 Å². The van der Waals surface area contributed by atoms with Gasteiger partial charge >= 0.3 is 11.6 Å². The number of phenols is 1. The van der Waals surface area contributed by atoms with Gasteiger partial charge in [-0.1, -0.05) is 30.3 Å². The first-order valence-electron chi connectivity index (χ1n) is 8.19. The Morgan fingerprint density at radius 3 is 2.52 bits per heavy atom. The first kappa shape index (κ1) is 18.2. The van der Waals surface area contributed by atoms with Crippen LogP contribution in [0, 0.1) is 6.92 Å². The summed E-state index contributed by atoms with van der Waals surface area (Å²) in [5.74, 6) is -1.76. The second-order valence-corrected chi connectivity index (χ2v) is 6.10. The molecule has 0 radical (unpaired) electrons. The van der Waals surface area contributed by atoms with Crippen LogP contribution in [-0.2, 0) is 16.0 Å². The molecule has 0 saturated heterocycles. The normalized spacial score (nSPS) is 11.9. The van der Waals surface area contributed by atoms with Crippen molar-refractivity contribution in [3.8, 4) is 5.75 Å². The first-order chi connectivity index (χ1) is 12.9. The minimum absolute atomic E-state index is 0.0257. The number of carbonyl (C=O) groups is 2. The number of hydrogen-bond donors (Lipinski definition) is 3. The Bertz CT molecular complexity index is 1070. The zero-order valence-corrected chi connectivity index (χ0v) is 14.4. The smallest absolute Gasteiger partial charge is 0.336 e. The number of aryl methyl sites for hydroxylation is 1. The fraction of sp³-hybridized carbons (Fsp3) is 0.150. The summed E-state index contributed by atoms with van der Waals surface area (Å²) in [6, 6.07) is 11.3. The second kappa shape index (κ2) is 7.33. The van der Waals surface area contributed by atoms with Gasteiger partial charge < -0.3 is 19.9 Å². The molecule has 2 aromatic carbocycles. The second-order valence-electron chi connectivity index (χ2n) is 6.10. The Balaban J connectivity index is 1.91. The SMILES string of the molecule is Cc1c(O)ccc2c(CC(=O)NC(C(=O)O)c3ccccc3)cc(=O)oc12. The predicted octanol–water partition coefficient (Wildman–Crippen LogP) is 2.29. The summed E-state index contributed by atoms with van der Waals surface area (Å²) in [5.41, 5.74) is 0.759. The summed E-state index contributed by atoms with van der Waals surface area (Å²) in [6.07, 6.45) is -0.205. The molecule has 7 heteroatoms. The van der Waals surface area contributed by atoms with Gasteiger partial charge in [0, 0.05) is 17.0 Å². The van der Waals surface area contributed by atoms with Crippen LogP contribution in [0.5, 0.6) is 5.75 Å². The molecule has 138 valence electrons. The van der Waals surface area contributed by atoms with Gasteiger partial charge in [0.05, 0.1) is 6.42 Å². The van der Waals surface area contributed by atoms with Crippen LogP contribution in [0.15, 0.2) is 57.7 Å². The predicted molar refractivity (Wildman–Crippen MR) is 97.6 cm³/mol. The van der Waals surface area contributed by atoms with Crippen molar-refractivity contribution in [2.24, 2.45) is 0 Å². The number of aromatic hydroxyl groups is 1. The maximum Gasteiger partial charge on any atom is 0.336 e. The van der Waals surface area contributed by atoms with E-state index in [4.69, 9.17) is 4.42 Å². The summed E-state index contributed by atoms with van der Waals surface area (Å²) in [5, 5.41) is 22.2. The van der Waals surface area contributed by atoms with Crippen molar-refractivity contribution in [3.63, 3.8) is 0 Å². The molecule has 0 aliphatic rings. The lowest BCUT2D eigenvalue weighted by Gasteiger charge is -2.15. The minimum atomic E-state index is -1.20. The van der Waals surface area contributed by atoms with Crippen LogP contribution in [0.1, 0.15) is 22.7 Å². The van der Waals surface area contributed by atoms with Crippen LogP contribution in [0.4, 0.5) is 0 Å². The quantitative estimate of drug-likeness (QED) is 0.596. The largest absolute Gasteiger partial charge is 0.508 e. The fourth-order valence-corrected chi connectivity index (χ4v) is 2.88. The molecule has 1 atom stereocenters. The van der Waals surface area contributed by atoms with Gasteiger partial charge in [-0.2, -0.15) is 0 Å². The average molecular weight is 367 g/mol. The molecule has 1 amide bonds. The van der Waals surface area contributed by atoms with Crippen LogP contribution in [0.25, 0.3) is 11.0 Å². The Hall–Kier alpha value is -3.61. The lowest BCUT2D eigenvalue weighted by Crippen LogP contribution is -2.34. The standard InChI is InChI=1S/C20H17NO6/c1-11-15(22)8-7-14-13(10-17(24)27-19(11)14)9-16(23)21-18(20(25)26)12-5-3-2-4-6-12/h2-8,10,18,22H,9H2,1H3,(H,21,23)(H,25,26). The summed E-state index contributed by atoms with van der Waals surface area (Å²) < 4.78 is 5.14. The van der Waals surface area contributed by atoms with Crippen molar-refractivity contribution in [1.82, 2.24) is 5.32 Å². The zero-order valence-electron chi connectivity index (χ0n) is 14.4. The van der Waals surface area contributed by atoms with E-state index >= 15 is 0 Å². The van der Waals surface area contributed by atoms with E-state index in [1.165, 1.54) is 12.1 Å². The maximum absolute atomic E-state index is 12.5. The third kappa shape index (κ3) is 3.82. The summed E-state index contributed by atoms with van der Waals surface area (Å²) in [6.45, 7) is 1.60. The molecular weight excluding hydrogens is 350 g/mol.